The van der Waals surface area contributed by atoms with Gasteiger partial charge in [-0.2, -0.15) is 0 Å². The van der Waals surface area contributed by atoms with Crippen molar-refractivity contribution in [3.63, 3.8) is 0 Å². The Morgan fingerprint density at radius 3 is 2.59 bits per heavy atom. The molecule has 0 aromatic heterocycles. The number of nitrogens with one attached hydrogen (secondary N) is 3. The van der Waals surface area contributed by atoms with Crippen LogP contribution in [0.3, 0.4) is 0 Å². The van der Waals surface area contributed by atoms with E-state index in [2.05, 4.69) is 35.6 Å². The summed E-state index contributed by atoms with van der Waals surface area (Å²) >= 11 is 0. The molecule has 2 heterocycles. The minimum Gasteiger partial charge on any atom is -0.343 e. The quantitative estimate of drug-likeness (QED) is 0.643. The molecule has 3 rings (SSSR count). The molecule has 1 unspecified atom stereocenters. The standard InChI is InChI=1S/C18H27N3O/c22-18(15-20-10-5-2-6-11-20)19-17-9-12-21(14-17)13-16-7-3-1-4-8-16/h1,3-4,7-8,17H,2,5-6,9-15H2,(H,19,22)/p+2/t17-/m1/s1. The Morgan fingerprint density at radius 1 is 1.05 bits per heavy atom. The van der Waals surface area contributed by atoms with Gasteiger partial charge in [0.25, 0.3) is 5.91 Å². The predicted octanol–water partition coefficient (Wildman–Crippen LogP) is -0.971. The summed E-state index contributed by atoms with van der Waals surface area (Å²) in [6.45, 7) is 6.31. The van der Waals surface area contributed by atoms with E-state index in [0.29, 0.717) is 12.6 Å². The molecular weight excluding hydrogens is 274 g/mol. The molecule has 2 aliphatic rings. The van der Waals surface area contributed by atoms with Crippen LogP contribution in [0.2, 0.25) is 0 Å². The van der Waals surface area contributed by atoms with Crippen molar-refractivity contribution in [2.24, 2.45) is 0 Å². The maximum atomic E-state index is 12.2. The van der Waals surface area contributed by atoms with Crippen LogP contribution in [0.25, 0.3) is 0 Å². The van der Waals surface area contributed by atoms with Gasteiger partial charge in [0, 0.05) is 12.0 Å². The molecule has 120 valence electrons. The fourth-order valence-corrected chi connectivity index (χ4v) is 3.83. The molecule has 0 radical (unpaired) electrons. The minimum absolute atomic E-state index is 0.253. The molecule has 0 bridgehead atoms. The van der Waals surface area contributed by atoms with Gasteiger partial charge in [-0.15, -0.1) is 0 Å². The Balaban J connectivity index is 1.39. The molecule has 4 nitrogen and oxygen atoms in total. The molecule has 2 saturated heterocycles. The maximum absolute atomic E-state index is 12.2. The van der Waals surface area contributed by atoms with Crippen molar-refractivity contribution in [3.8, 4) is 0 Å². The van der Waals surface area contributed by atoms with Gasteiger partial charge < -0.3 is 15.1 Å². The number of likely N-dealkylation sites (tertiary alicyclic amines) is 2. The van der Waals surface area contributed by atoms with Crippen molar-refractivity contribution in [2.45, 2.75) is 38.3 Å². The van der Waals surface area contributed by atoms with Crippen molar-refractivity contribution < 1.29 is 14.6 Å². The van der Waals surface area contributed by atoms with Crippen LogP contribution in [-0.4, -0.2) is 44.7 Å². The Labute approximate surface area is 133 Å². The molecule has 1 amide bonds. The first-order chi connectivity index (χ1) is 10.8. The van der Waals surface area contributed by atoms with Crippen LogP contribution in [0, 0.1) is 0 Å². The normalized spacial score (nSPS) is 26.0. The summed E-state index contributed by atoms with van der Waals surface area (Å²) in [5.41, 5.74) is 1.39. The molecule has 3 N–H and O–H groups in total. The lowest BCUT2D eigenvalue weighted by atomic mass is 10.1. The lowest BCUT2D eigenvalue weighted by Crippen LogP contribution is -3.14. The van der Waals surface area contributed by atoms with Crippen LogP contribution in [0.5, 0.6) is 0 Å². The SMILES string of the molecule is O=C(C[NH+]1CCCCC1)N[C@@H]1CC[NH+](Cc2ccccc2)C1. The molecule has 0 aliphatic carbocycles. The van der Waals surface area contributed by atoms with Crippen LogP contribution < -0.4 is 15.1 Å². The number of hydrogen-bond acceptors (Lipinski definition) is 1. The lowest BCUT2D eigenvalue weighted by molar-refractivity contribution is -0.902. The Hall–Kier alpha value is -1.39. The zero-order valence-electron chi connectivity index (χ0n) is 13.4. The first kappa shape index (κ1) is 15.5. The van der Waals surface area contributed by atoms with Gasteiger partial charge in [-0.1, -0.05) is 30.3 Å². The zero-order chi connectivity index (χ0) is 15.2. The van der Waals surface area contributed by atoms with E-state index in [1.165, 1.54) is 42.8 Å². The highest BCUT2D eigenvalue weighted by molar-refractivity contribution is 5.77. The highest BCUT2D eigenvalue weighted by atomic mass is 16.2. The van der Waals surface area contributed by atoms with E-state index < -0.39 is 0 Å². The number of piperidine rings is 1. The summed E-state index contributed by atoms with van der Waals surface area (Å²) < 4.78 is 0. The molecule has 4 heteroatoms. The first-order valence-electron chi connectivity index (χ1n) is 8.80. The molecular formula is C18H29N3O+2. The van der Waals surface area contributed by atoms with E-state index in [9.17, 15) is 4.79 Å². The van der Waals surface area contributed by atoms with Crippen molar-refractivity contribution in [1.82, 2.24) is 5.32 Å². The molecule has 1 aromatic carbocycles. The third kappa shape index (κ3) is 4.55. The number of carbonyl (C=O) groups excluding carboxylic acids is 1. The fourth-order valence-electron chi connectivity index (χ4n) is 3.83. The maximum Gasteiger partial charge on any atom is 0.275 e. The van der Waals surface area contributed by atoms with Gasteiger partial charge in [-0.25, -0.2) is 0 Å². The molecule has 2 atom stereocenters. The second-order valence-electron chi connectivity index (χ2n) is 6.91. The number of hydrogen-bond donors (Lipinski definition) is 3. The second-order valence-corrected chi connectivity index (χ2v) is 6.91. The van der Waals surface area contributed by atoms with E-state index in [4.69, 9.17) is 0 Å². The Kier molecular flexibility index (Phi) is 5.46. The van der Waals surface area contributed by atoms with Gasteiger partial charge in [-0.05, 0) is 19.3 Å². The van der Waals surface area contributed by atoms with Crippen LogP contribution in [-0.2, 0) is 11.3 Å². The monoisotopic (exact) mass is 303 g/mol. The number of benzene rings is 1. The number of amides is 1. The number of quaternary nitrogens is 2. The average Bonchev–Trinajstić information content (AvgIpc) is 2.96. The number of carbonyl (C=O) groups is 1. The van der Waals surface area contributed by atoms with Gasteiger partial charge in [0.2, 0.25) is 0 Å². The van der Waals surface area contributed by atoms with Crippen molar-refractivity contribution >= 4 is 5.91 Å². The van der Waals surface area contributed by atoms with Crippen LogP contribution in [0.15, 0.2) is 30.3 Å². The third-order valence-electron chi connectivity index (χ3n) is 5.01. The van der Waals surface area contributed by atoms with Crippen molar-refractivity contribution in [2.75, 3.05) is 32.7 Å². The predicted molar refractivity (Wildman–Crippen MR) is 86.8 cm³/mol. The summed E-state index contributed by atoms with van der Waals surface area (Å²) in [6, 6.07) is 11.0. The molecule has 2 aliphatic heterocycles. The smallest absolute Gasteiger partial charge is 0.275 e. The van der Waals surface area contributed by atoms with Gasteiger partial charge in [0.05, 0.1) is 32.2 Å². The molecule has 0 spiro atoms. The lowest BCUT2D eigenvalue weighted by Gasteiger charge is -2.23. The molecule has 0 saturated carbocycles. The topological polar surface area (TPSA) is 38.0 Å². The van der Waals surface area contributed by atoms with Gasteiger partial charge in [0.1, 0.15) is 6.54 Å². The second kappa shape index (κ2) is 7.75. The summed E-state index contributed by atoms with van der Waals surface area (Å²) in [4.78, 5) is 15.2. The summed E-state index contributed by atoms with van der Waals surface area (Å²) in [6.07, 6.45) is 5.01. The van der Waals surface area contributed by atoms with Gasteiger partial charge in [-0.3, -0.25) is 4.79 Å². The average molecular weight is 303 g/mol. The zero-order valence-corrected chi connectivity index (χ0v) is 13.4. The molecule has 2 fully saturated rings. The summed E-state index contributed by atoms with van der Waals surface area (Å²) in [7, 11) is 0. The molecule has 1 aromatic rings. The summed E-state index contributed by atoms with van der Waals surface area (Å²) in [5, 5.41) is 3.26. The fraction of sp³-hybridized carbons (Fsp3) is 0.611. The number of rotatable bonds is 5. The third-order valence-corrected chi connectivity index (χ3v) is 5.01. The Bertz CT molecular complexity index is 470. The summed E-state index contributed by atoms with van der Waals surface area (Å²) in [5.74, 6) is 0.253. The highest BCUT2D eigenvalue weighted by Gasteiger charge is 2.28. The van der Waals surface area contributed by atoms with Gasteiger partial charge in [0.15, 0.2) is 6.54 Å². The van der Waals surface area contributed by atoms with Crippen LogP contribution >= 0.6 is 0 Å². The van der Waals surface area contributed by atoms with Crippen LogP contribution in [0.4, 0.5) is 0 Å². The van der Waals surface area contributed by atoms with E-state index in [1.807, 2.05) is 0 Å². The van der Waals surface area contributed by atoms with E-state index in [1.54, 1.807) is 4.90 Å². The highest BCUT2D eigenvalue weighted by Crippen LogP contribution is 1.99. The van der Waals surface area contributed by atoms with Crippen molar-refractivity contribution in [3.05, 3.63) is 35.9 Å². The van der Waals surface area contributed by atoms with Crippen molar-refractivity contribution in [1.29, 1.82) is 0 Å². The van der Waals surface area contributed by atoms with E-state index in [0.717, 1.165) is 26.1 Å². The van der Waals surface area contributed by atoms with Gasteiger partial charge >= 0.3 is 0 Å². The van der Waals surface area contributed by atoms with Crippen LogP contribution in [0.1, 0.15) is 31.2 Å². The minimum atomic E-state index is 0.253. The van der Waals surface area contributed by atoms with E-state index >= 15 is 0 Å². The molecule has 22 heavy (non-hydrogen) atoms. The van der Waals surface area contributed by atoms with E-state index in [-0.39, 0.29) is 5.91 Å². The first-order valence-corrected chi connectivity index (χ1v) is 8.80. The Morgan fingerprint density at radius 2 is 1.82 bits per heavy atom. The largest absolute Gasteiger partial charge is 0.343 e.